The van der Waals surface area contributed by atoms with E-state index in [1.54, 1.807) is 0 Å². The van der Waals surface area contributed by atoms with Crippen LogP contribution in [0.2, 0.25) is 0 Å². The van der Waals surface area contributed by atoms with Crippen LogP contribution < -0.4 is 5.32 Å². The molecule has 34 heavy (non-hydrogen) atoms. The van der Waals surface area contributed by atoms with E-state index in [0.29, 0.717) is 22.9 Å². The van der Waals surface area contributed by atoms with Crippen LogP contribution in [0.1, 0.15) is 42.9 Å². The molecule has 0 bridgehead atoms. The third-order valence-electron chi connectivity index (χ3n) is 8.09. The molecule has 0 aliphatic heterocycles. The van der Waals surface area contributed by atoms with Gasteiger partial charge in [-0.1, -0.05) is 92.2 Å². The quantitative estimate of drug-likeness (QED) is 0.429. The van der Waals surface area contributed by atoms with E-state index in [1.165, 1.54) is 28.0 Å². The Morgan fingerprint density at radius 1 is 1.03 bits per heavy atom. The summed E-state index contributed by atoms with van der Waals surface area (Å²) in [7, 11) is 0. The molecule has 0 saturated heterocycles. The summed E-state index contributed by atoms with van der Waals surface area (Å²) in [5, 5.41) is 5.88. The number of allylic oxidation sites excluding steroid dienone is 4. The molecule has 1 saturated carbocycles. The molecule has 5 atom stereocenters. The monoisotopic (exact) mass is 468 g/mol. The lowest BCUT2D eigenvalue weighted by Crippen LogP contribution is -2.49. The van der Waals surface area contributed by atoms with Crippen LogP contribution in [0.15, 0.2) is 78.2 Å². The van der Waals surface area contributed by atoms with Gasteiger partial charge in [0.2, 0.25) is 5.91 Å². The highest BCUT2D eigenvalue weighted by Crippen LogP contribution is 2.55. The van der Waals surface area contributed by atoms with Crippen LogP contribution in [0.5, 0.6) is 0 Å². The fraction of sp³-hybridized carbons (Fsp3) is 0.333. The number of thiazole rings is 1. The molecule has 174 valence electrons. The second kappa shape index (κ2) is 8.99. The first-order valence-electron chi connectivity index (χ1n) is 12.1. The number of benzene rings is 2. The van der Waals surface area contributed by atoms with Crippen molar-refractivity contribution in [3.05, 3.63) is 94.9 Å². The minimum Gasteiger partial charge on any atom is -0.301 e. The summed E-state index contributed by atoms with van der Waals surface area (Å²) < 4.78 is 0. The van der Waals surface area contributed by atoms with Gasteiger partial charge in [-0.3, -0.25) is 4.79 Å². The van der Waals surface area contributed by atoms with E-state index >= 15 is 0 Å². The lowest BCUT2D eigenvalue weighted by Gasteiger charge is -2.50. The van der Waals surface area contributed by atoms with Crippen molar-refractivity contribution in [2.45, 2.75) is 40.0 Å². The van der Waals surface area contributed by atoms with Gasteiger partial charge in [0.1, 0.15) is 0 Å². The van der Waals surface area contributed by atoms with Crippen molar-refractivity contribution in [2.75, 3.05) is 5.32 Å². The highest BCUT2D eigenvalue weighted by Gasteiger charge is 2.52. The molecule has 2 aliphatic rings. The van der Waals surface area contributed by atoms with Crippen LogP contribution >= 0.6 is 11.3 Å². The number of nitrogens with zero attached hydrogens (tertiary/aromatic N) is 1. The molecule has 2 aromatic carbocycles. The second-order valence-electron chi connectivity index (χ2n) is 10.2. The number of amides is 1. The average molecular weight is 469 g/mol. The molecular weight excluding hydrogens is 436 g/mol. The summed E-state index contributed by atoms with van der Waals surface area (Å²) >= 11 is 1.50. The third-order valence-corrected chi connectivity index (χ3v) is 8.85. The van der Waals surface area contributed by atoms with Crippen LogP contribution in [0.25, 0.3) is 11.3 Å². The lowest BCUT2D eigenvalue weighted by atomic mass is 9.53. The van der Waals surface area contributed by atoms with Crippen molar-refractivity contribution in [3.63, 3.8) is 0 Å². The zero-order valence-electron chi connectivity index (χ0n) is 20.3. The molecule has 0 radical (unpaired) electrons. The van der Waals surface area contributed by atoms with Crippen LogP contribution in [-0.4, -0.2) is 10.9 Å². The Labute approximate surface area is 206 Å². The van der Waals surface area contributed by atoms with Crippen LogP contribution in [0.3, 0.4) is 0 Å². The van der Waals surface area contributed by atoms with E-state index in [-0.39, 0.29) is 11.8 Å². The molecule has 5 unspecified atom stereocenters. The van der Waals surface area contributed by atoms with Gasteiger partial charge in [-0.25, -0.2) is 4.98 Å². The number of rotatable bonds is 4. The molecule has 3 nitrogen and oxygen atoms in total. The van der Waals surface area contributed by atoms with Crippen LogP contribution in [0, 0.1) is 37.0 Å². The molecule has 4 heteroatoms. The van der Waals surface area contributed by atoms with Gasteiger partial charge in [0.15, 0.2) is 5.13 Å². The van der Waals surface area contributed by atoms with Gasteiger partial charge in [-0.05, 0) is 55.1 Å². The number of aromatic nitrogens is 1. The van der Waals surface area contributed by atoms with Gasteiger partial charge >= 0.3 is 0 Å². The summed E-state index contributed by atoms with van der Waals surface area (Å²) in [5.74, 6) is 1.34. The molecule has 1 N–H and O–H groups in total. The molecule has 1 aromatic heterocycles. The van der Waals surface area contributed by atoms with E-state index in [9.17, 15) is 4.79 Å². The van der Waals surface area contributed by atoms with Crippen molar-refractivity contribution in [1.29, 1.82) is 0 Å². The van der Waals surface area contributed by atoms with Crippen molar-refractivity contribution in [3.8, 4) is 11.3 Å². The number of hydrogen-bond acceptors (Lipinski definition) is 3. The maximum Gasteiger partial charge on any atom is 0.232 e. The number of hydrogen-bond donors (Lipinski definition) is 1. The van der Waals surface area contributed by atoms with Gasteiger partial charge in [0.05, 0.1) is 11.1 Å². The highest BCUT2D eigenvalue weighted by atomic mass is 32.1. The highest BCUT2D eigenvalue weighted by molar-refractivity contribution is 7.14. The standard InChI is InChI=1S/C30H32N2OS/c1-19-13-15-22(16-14-19)27-18-34-29(31-27)32-28(33)30(4)17-26(23-10-6-5-9-20(23)2)25-12-8-7-11-24(25)21(30)3/h5-16,18,21,24-26H,17H2,1-4H3,(H,31,32,33). The Hall–Kier alpha value is -2.98. The smallest absolute Gasteiger partial charge is 0.232 e. The average Bonchev–Trinajstić information content (AvgIpc) is 3.31. The van der Waals surface area contributed by atoms with E-state index in [0.717, 1.165) is 17.7 Å². The van der Waals surface area contributed by atoms with Crippen LogP contribution in [0.4, 0.5) is 5.13 Å². The molecule has 0 spiro atoms. The first kappa shape index (κ1) is 22.8. The maximum atomic E-state index is 13.8. The van der Waals surface area contributed by atoms with Crippen molar-refractivity contribution >= 4 is 22.4 Å². The summed E-state index contributed by atoms with van der Waals surface area (Å²) in [5.41, 5.74) is 5.36. The molecule has 1 heterocycles. The van der Waals surface area contributed by atoms with Gasteiger partial charge in [0, 0.05) is 10.9 Å². The normalized spacial score (nSPS) is 27.9. The van der Waals surface area contributed by atoms with Gasteiger partial charge in [-0.15, -0.1) is 11.3 Å². The summed E-state index contributed by atoms with van der Waals surface area (Å²) in [6.45, 7) is 8.66. The number of anilines is 1. The first-order valence-corrected chi connectivity index (χ1v) is 13.0. The maximum absolute atomic E-state index is 13.8. The molecule has 1 fully saturated rings. The molecule has 3 aromatic rings. The number of nitrogens with one attached hydrogen (secondary N) is 1. The number of aryl methyl sites for hydroxylation is 2. The van der Waals surface area contributed by atoms with Gasteiger partial charge in [0.25, 0.3) is 0 Å². The summed E-state index contributed by atoms with van der Waals surface area (Å²) in [4.78, 5) is 18.6. The predicted octanol–water partition coefficient (Wildman–Crippen LogP) is 7.55. The van der Waals surface area contributed by atoms with E-state index in [4.69, 9.17) is 4.98 Å². The minimum absolute atomic E-state index is 0.0739. The Kier molecular flexibility index (Phi) is 6.03. The van der Waals surface area contributed by atoms with Gasteiger partial charge < -0.3 is 5.32 Å². The Morgan fingerprint density at radius 3 is 2.47 bits per heavy atom. The predicted molar refractivity (Wildman–Crippen MR) is 142 cm³/mol. The molecule has 5 rings (SSSR count). The second-order valence-corrected chi connectivity index (χ2v) is 11.0. The Balaban J connectivity index is 1.43. The van der Waals surface area contributed by atoms with Crippen molar-refractivity contribution in [2.24, 2.45) is 23.2 Å². The molecule has 1 amide bonds. The SMILES string of the molecule is Cc1ccc(-c2csc(NC(=O)C3(C)CC(c4ccccc4C)C4C=CC=CC4C3C)n2)cc1. The zero-order chi connectivity index (χ0) is 23.9. The van der Waals surface area contributed by atoms with E-state index in [2.05, 4.69) is 106 Å². The number of fused-ring (bicyclic) bond motifs is 1. The molecule has 2 aliphatic carbocycles. The summed E-state index contributed by atoms with van der Waals surface area (Å²) in [6, 6.07) is 17.0. The van der Waals surface area contributed by atoms with Gasteiger partial charge in [-0.2, -0.15) is 0 Å². The largest absolute Gasteiger partial charge is 0.301 e. The zero-order valence-corrected chi connectivity index (χ0v) is 21.1. The third kappa shape index (κ3) is 4.05. The Bertz CT molecular complexity index is 1250. The fourth-order valence-corrected chi connectivity index (χ4v) is 6.51. The fourth-order valence-electron chi connectivity index (χ4n) is 5.79. The van der Waals surface area contributed by atoms with Crippen molar-refractivity contribution < 1.29 is 4.79 Å². The van der Waals surface area contributed by atoms with Crippen LogP contribution in [-0.2, 0) is 4.79 Å². The Morgan fingerprint density at radius 2 is 1.74 bits per heavy atom. The van der Waals surface area contributed by atoms with E-state index in [1.807, 2.05) is 5.38 Å². The topological polar surface area (TPSA) is 42.0 Å². The summed E-state index contributed by atoms with van der Waals surface area (Å²) in [6.07, 6.45) is 9.80. The molecular formula is C30H32N2OS. The first-order chi connectivity index (χ1) is 16.4. The van der Waals surface area contributed by atoms with E-state index < -0.39 is 5.41 Å². The number of carbonyl (C=O) groups is 1. The lowest BCUT2D eigenvalue weighted by molar-refractivity contribution is -0.131. The minimum atomic E-state index is -0.501. The van der Waals surface area contributed by atoms with Crippen molar-refractivity contribution in [1.82, 2.24) is 4.98 Å². The number of carbonyl (C=O) groups excluding carboxylic acids is 1.